The van der Waals surface area contributed by atoms with E-state index in [2.05, 4.69) is 22.1 Å². The van der Waals surface area contributed by atoms with Crippen LogP contribution in [-0.2, 0) is 0 Å². The molecule has 1 amide bonds. The van der Waals surface area contributed by atoms with E-state index in [9.17, 15) is 4.79 Å². The predicted octanol–water partition coefficient (Wildman–Crippen LogP) is 1.10. The molecule has 1 heterocycles. The standard InChI is InChI=1S/C14H16N2O2/c1-14(7-4-8-14)16-13(18)12-11(6-3-10-17)5-2-9-15-12/h2,5,9,17H,4,7-8,10H2,1H3,(H,16,18). The summed E-state index contributed by atoms with van der Waals surface area (Å²) in [5, 5.41) is 11.7. The van der Waals surface area contributed by atoms with E-state index in [4.69, 9.17) is 5.11 Å². The van der Waals surface area contributed by atoms with Gasteiger partial charge in [-0.05, 0) is 38.3 Å². The number of rotatable bonds is 2. The third-order valence-electron chi connectivity index (χ3n) is 3.20. The van der Waals surface area contributed by atoms with E-state index < -0.39 is 0 Å². The number of nitrogens with zero attached hydrogens (tertiary/aromatic N) is 1. The van der Waals surface area contributed by atoms with Crippen LogP contribution in [0.2, 0.25) is 0 Å². The number of hydrogen-bond acceptors (Lipinski definition) is 3. The highest BCUT2D eigenvalue weighted by Gasteiger charge is 2.33. The number of nitrogens with one attached hydrogen (secondary N) is 1. The average molecular weight is 244 g/mol. The van der Waals surface area contributed by atoms with E-state index in [1.54, 1.807) is 18.3 Å². The topological polar surface area (TPSA) is 62.2 Å². The van der Waals surface area contributed by atoms with Crippen LogP contribution < -0.4 is 5.32 Å². The molecule has 0 bridgehead atoms. The fourth-order valence-electron chi connectivity index (χ4n) is 1.99. The Morgan fingerprint density at radius 2 is 2.39 bits per heavy atom. The Kier molecular flexibility index (Phi) is 3.63. The van der Waals surface area contributed by atoms with Gasteiger partial charge < -0.3 is 10.4 Å². The molecular formula is C14H16N2O2. The summed E-state index contributed by atoms with van der Waals surface area (Å²) in [7, 11) is 0. The first-order chi connectivity index (χ1) is 8.64. The molecule has 0 radical (unpaired) electrons. The van der Waals surface area contributed by atoms with Gasteiger partial charge in [0.25, 0.3) is 5.91 Å². The van der Waals surface area contributed by atoms with Crippen LogP contribution in [0.25, 0.3) is 0 Å². The smallest absolute Gasteiger partial charge is 0.271 e. The van der Waals surface area contributed by atoms with Crippen molar-refractivity contribution in [3.05, 3.63) is 29.6 Å². The lowest BCUT2D eigenvalue weighted by molar-refractivity contribution is 0.0845. The normalized spacial score (nSPS) is 16.1. The molecule has 94 valence electrons. The van der Waals surface area contributed by atoms with E-state index >= 15 is 0 Å². The summed E-state index contributed by atoms with van der Waals surface area (Å²) in [6.45, 7) is 1.81. The van der Waals surface area contributed by atoms with Gasteiger partial charge in [0, 0.05) is 11.7 Å². The third kappa shape index (κ3) is 2.69. The van der Waals surface area contributed by atoms with Crippen molar-refractivity contribution >= 4 is 5.91 Å². The second kappa shape index (κ2) is 5.19. The molecule has 4 heteroatoms. The Labute approximate surface area is 106 Å². The van der Waals surface area contributed by atoms with Crippen LogP contribution in [0.1, 0.15) is 42.2 Å². The van der Waals surface area contributed by atoms with Crippen molar-refractivity contribution < 1.29 is 9.90 Å². The molecular weight excluding hydrogens is 228 g/mol. The molecule has 1 fully saturated rings. The molecule has 0 aromatic carbocycles. The van der Waals surface area contributed by atoms with Crippen LogP contribution in [0.3, 0.4) is 0 Å². The molecule has 4 nitrogen and oxygen atoms in total. The van der Waals surface area contributed by atoms with Gasteiger partial charge in [0.1, 0.15) is 12.3 Å². The van der Waals surface area contributed by atoms with Crippen molar-refractivity contribution in [1.29, 1.82) is 0 Å². The van der Waals surface area contributed by atoms with Crippen LogP contribution in [0, 0.1) is 11.8 Å². The molecule has 0 aliphatic heterocycles. The molecule has 0 spiro atoms. The minimum Gasteiger partial charge on any atom is -0.384 e. The van der Waals surface area contributed by atoms with Crippen molar-refractivity contribution in [1.82, 2.24) is 10.3 Å². The largest absolute Gasteiger partial charge is 0.384 e. The maximum Gasteiger partial charge on any atom is 0.271 e. The van der Waals surface area contributed by atoms with Gasteiger partial charge in [-0.3, -0.25) is 4.79 Å². The summed E-state index contributed by atoms with van der Waals surface area (Å²) in [5.74, 6) is 5.08. The van der Waals surface area contributed by atoms with Crippen LogP contribution in [-0.4, -0.2) is 28.1 Å². The minimum absolute atomic E-state index is 0.101. The average Bonchev–Trinajstić information content (AvgIpc) is 2.34. The number of aromatic nitrogens is 1. The fourth-order valence-corrected chi connectivity index (χ4v) is 1.99. The number of aliphatic hydroxyl groups excluding tert-OH is 1. The number of amides is 1. The molecule has 0 unspecified atom stereocenters. The van der Waals surface area contributed by atoms with Crippen molar-refractivity contribution in [3.8, 4) is 11.8 Å². The van der Waals surface area contributed by atoms with Gasteiger partial charge in [-0.1, -0.05) is 11.8 Å². The zero-order valence-corrected chi connectivity index (χ0v) is 10.4. The highest BCUT2D eigenvalue weighted by molar-refractivity contribution is 5.95. The third-order valence-corrected chi connectivity index (χ3v) is 3.20. The maximum absolute atomic E-state index is 12.1. The predicted molar refractivity (Wildman–Crippen MR) is 67.9 cm³/mol. The summed E-state index contributed by atoms with van der Waals surface area (Å²) in [6, 6.07) is 3.46. The van der Waals surface area contributed by atoms with E-state index in [0.29, 0.717) is 11.3 Å². The molecule has 18 heavy (non-hydrogen) atoms. The van der Waals surface area contributed by atoms with Crippen LogP contribution in [0.15, 0.2) is 18.3 Å². The first kappa shape index (κ1) is 12.6. The lowest BCUT2D eigenvalue weighted by Crippen LogP contribution is -2.51. The van der Waals surface area contributed by atoms with Crippen LogP contribution in [0.4, 0.5) is 0 Å². The van der Waals surface area contributed by atoms with E-state index in [0.717, 1.165) is 19.3 Å². The highest BCUT2D eigenvalue weighted by Crippen LogP contribution is 2.31. The van der Waals surface area contributed by atoms with Gasteiger partial charge in [-0.2, -0.15) is 0 Å². The van der Waals surface area contributed by atoms with E-state index in [-0.39, 0.29) is 18.1 Å². The second-order valence-electron chi connectivity index (χ2n) is 4.73. The SMILES string of the molecule is CC1(NC(=O)c2ncccc2C#CCO)CCC1. The van der Waals surface area contributed by atoms with Crippen molar-refractivity contribution in [3.63, 3.8) is 0 Å². The first-order valence-electron chi connectivity index (χ1n) is 6.02. The Morgan fingerprint density at radius 1 is 1.61 bits per heavy atom. The molecule has 2 N–H and O–H groups in total. The van der Waals surface area contributed by atoms with E-state index in [1.807, 2.05) is 6.92 Å². The Bertz CT molecular complexity index is 510. The van der Waals surface area contributed by atoms with Gasteiger partial charge in [-0.25, -0.2) is 4.98 Å². The molecule has 0 saturated heterocycles. The summed E-state index contributed by atoms with van der Waals surface area (Å²) in [4.78, 5) is 16.2. The summed E-state index contributed by atoms with van der Waals surface area (Å²) < 4.78 is 0. The Morgan fingerprint density at radius 3 is 3.00 bits per heavy atom. The number of hydrogen-bond donors (Lipinski definition) is 2. The minimum atomic E-state index is -0.229. The van der Waals surface area contributed by atoms with Gasteiger partial charge in [-0.15, -0.1) is 0 Å². The summed E-state index contributed by atoms with van der Waals surface area (Å²) in [6.07, 6.45) is 4.73. The quantitative estimate of drug-likeness (QED) is 0.766. The molecule has 1 saturated carbocycles. The second-order valence-corrected chi connectivity index (χ2v) is 4.73. The Balaban J connectivity index is 2.19. The molecule has 0 atom stereocenters. The summed E-state index contributed by atoms with van der Waals surface area (Å²) in [5.41, 5.74) is 0.773. The summed E-state index contributed by atoms with van der Waals surface area (Å²) >= 11 is 0. The number of aliphatic hydroxyl groups is 1. The number of carbonyl (C=O) groups is 1. The monoisotopic (exact) mass is 244 g/mol. The van der Waals surface area contributed by atoms with Crippen molar-refractivity contribution in [2.75, 3.05) is 6.61 Å². The van der Waals surface area contributed by atoms with Gasteiger partial charge in [0.05, 0.1) is 5.56 Å². The molecule has 1 aromatic heterocycles. The zero-order valence-electron chi connectivity index (χ0n) is 10.4. The van der Waals surface area contributed by atoms with Gasteiger partial charge in [0.2, 0.25) is 0 Å². The lowest BCUT2D eigenvalue weighted by atomic mass is 9.78. The van der Waals surface area contributed by atoms with Gasteiger partial charge >= 0.3 is 0 Å². The van der Waals surface area contributed by atoms with Crippen LogP contribution in [0.5, 0.6) is 0 Å². The van der Waals surface area contributed by atoms with Crippen molar-refractivity contribution in [2.24, 2.45) is 0 Å². The molecule has 1 aromatic rings. The number of pyridine rings is 1. The van der Waals surface area contributed by atoms with E-state index in [1.165, 1.54) is 0 Å². The van der Waals surface area contributed by atoms with Crippen molar-refractivity contribution in [2.45, 2.75) is 31.7 Å². The first-order valence-corrected chi connectivity index (χ1v) is 6.02. The molecule has 1 aliphatic rings. The lowest BCUT2D eigenvalue weighted by Gasteiger charge is -2.39. The highest BCUT2D eigenvalue weighted by atomic mass is 16.2. The Hall–Kier alpha value is -1.86. The maximum atomic E-state index is 12.1. The molecule has 2 rings (SSSR count). The zero-order chi connectivity index (χ0) is 13.0. The fraction of sp³-hybridized carbons (Fsp3) is 0.429. The van der Waals surface area contributed by atoms with Gasteiger partial charge in [0.15, 0.2) is 0 Å². The number of carbonyl (C=O) groups excluding carboxylic acids is 1. The molecule has 1 aliphatic carbocycles. The van der Waals surface area contributed by atoms with Crippen LogP contribution >= 0.6 is 0 Å².